The number of rotatable bonds is 7. The van der Waals surface area contributed by atoms with Crippen LogP contribution in [0.1, 0.15) is 36.5 Å². The van der Waals surface area contributed by atoms with E-state index in [1.807, 2.05) is 6.07 Å². The van der Waals surface area contributed by atoms with E-state index >= 15 is 0 Å². The summed E-state index contributed by atoms with van der Waals surface area (Å²) in [6.07, 6.45) is 3.12. The molecule has 6 heteroatoms. The maximum atomic E-state index is 13.2. The minimum Gasteiger partial charge on any atom is -0.493 e. The van der Waals surface area contributed by atoms with Crippen LogP contribution in [0.3, 0.4) is 0 Å². The van der Waals surface area contributed by atoms with Gasteiger partial charge in [-0.1, -0.05) is 38.0 Å². The van der Waals surface area contributed by atoms with Gasteiger partial charge in [0.1, 0.15) is 11.6 Å². The van der Waals surface area contributed by atoms with E-state index in [4.69, 9.17) is 17.0 Å². The highest BCUT2D eigenvalue weighted by Gasteiger charge is 2.13. The van der Waals surface area contributed by atoms with Crippen LogP contribution in [0.15, 0.2) is 48.5 Å². The van der Waals surface area contributed by atoms with Crippen LogP contribution < -0.4 is 15.4 Å². The number of amides is 1. The van der Waals surface area contributed by atoms with Crippen LogP contribution in [-0.4, -0.2) is 17.6 Å². The SMILES string of the molecule is CCCCCOc1ccccc1C(=O)NC(=S)Nc1cccc(F)c1. The Morgan fingerprint density at radius 3 is 2.72 bits per heavy atom. The average Bonchev–Trinajstić information content (AvgIpc) is 2.59. The molecule has 0 heterocycles. The number of hydrogen-bond acceptors (Lipinski definition) is 3. The Morgan fingerprint density at radius 1 is 1.16 bits per heavy atom. The molecule has 25 heavy (non-hydrogen) atoms. The second-order valence-corrected chi connectivity index (χ2v) is 5.88. The van der Waals surface area contributed by atoms with Crippen molar-refractivity contribution >= 4 is 28.9 Å². The molecule has 0 fully saturated rings. The van der Waals surface area contributed by atoms with Crippen molar-refractivity contribution in [2.45, 2.75) is 26.2 Å². The quantitative estimate of drug-likeness (QED) is 0.563. The summed E-state index contributed by atoms with van der Waals surface area (Å²) < 4.78 is 18.9. The van der Waals surface area contributed by atoms with Gasteiger partial charge in [-0.05, 0) is 49.0 Å². The third-order valence-electron chi connectivity index (χ3n) is 3.45. The fourth-order valence-electron chi connectivity index (χ4n) is 2.21. The zero-order valence-electron chi connectivity index (χ0n) is 14.0. The lowest BCUT2D eigenvalue weighted by atomic mass is 10.2. The van der Waals surface area contributed by atoms with Crippen LogP contribution in [0.25, 0.3) is 0 Å². The number of ether oxygens (including phenoxy) is 1. The van der Waals surface area contributed by atoms with Crippen LogP contribution >= 0.6 is 12.2 Å². The van der Waals surface area contributed by atoms with Gasteiger partial charge in [0.15, 0.2) is 5.11 Å². The Morgan fingerprint density at radius 2 is 1.96 bits per heavy atom. The normalized spacial score (nSPS) is 10.2. The standard InChI is InChI=1S/C19H21FN2O2S/c1-2-3-6-12-24-17-11-5-4-10-16(17)18(23)22-19(25)21-15-9-7-8-14(20)13-15/h4-5,7-11,13H,2-3,6,12H2,1H3,(H2,21,22,23,25). The Hall–Kier alpha value is -2.47. The predicted molar refractivity (Wildman–Crippen MR) is 102 cm³/mol. The fraction of sp³-hybridized carbons (Fsp3) is 0.263. The van der Waals surface area contributed by atoms with Gasteiger partial charge in [0.25, 0.3) is 5.91 Å². The van der Waals surface area contributed by atoms with Crippen molar-refractivity contribution in [3.63, 3.8) is 0 Å². The van der Waals surface area contributed by atoms with Gasteiger partial charge < -0.3 is 10.1 Å². The molecule has 0 atom stereocenters. The van der Waals surface area contributed by atoms with Gasteiger partial charge in [0.2, 0.25) is 0 Å². The summed E-state index contributed by atoms with van der Waals surface area (Å²) in [7, 11) is 0. The van der Waals surface area contributed by atoms with E-state index in [1.54, 1.807) is 30.3 Å². The molecule has 1 amide bonds. The molecule has 2 rings (SSSR count). The number of thiocarbonyl (C=S) groups is 1. The van der Waals surface area contributed by atoms with Crippen molar-refractivity contribution < 1.29 is 13.9 Å². The summed E-state index contributed by atoms with van der Waals surface area (Å²) in [5.74, 6) is -0.241. The molecule has 0 aliphatic heterocycles. The molecule has 0 aliphatic rings. The van der Waals surface area contributed by atoms with E-state index in [-0.39, 0.29) is 16.8 Å². The fourth-order valence-corrected chi connectivity index (χ4v) is 2.42. The highest BCUT2D eigenvalue weighted by molar-refractivity contribution is 7.80. The minimum absolute atomic E-state index is 0.0939. The van der Waals surface area contributed by atoms with Crippen LogP contribution in [-0.2, 0) is 0 Å². The molecule has 0 aromatic heterocycles. The zero-order valence-corrected chi connectivity index (χ0v) is 14.9. The first-order chi connectivity index (χ1) is 12.1. The van der Waals surface area contributed by atoms with Crippen molar-refractivity contribution in [3.05, 3.63) is 59.9 Å². The second-order valence-electron chi connectivity index (χ2n) is 5.47. The van der Waals surface area contributed by atoms with Gasteiger partial charge in [-0.25, -0.2) is 4.39 Å². The Kier molecular flexibility index (Phi) is 7.35. The monoisotopic (exact) mass is 360 g/mol. The van der Waals surface area contributed by atoms with Gasteiger partial charge in [-0.2, -0.15) is 0 Å². The lowest BCUT2D eigenvalue weighted by Gasteiger charge is -2.13. The van der Waals surface area contributed by atoms with Crippen molar-refractivity contribution in [2.24, 2.45) is 0 Å². The number of para-hydroxylation sites is 1. The van der Waals surface area contributed by atoms with Gasteiger partial charge in [0, 0.05) is 5.69 Å². The predicted octanol–water partition coefficient (Wildman–Crippen LogP) is 4.52. The van der Waals surface area contributed by atoms with E-state index < -0.39 is 0 Å². The number of carbonyl (C=O) groups is 1. The molecule has 132 valence electrons. The molecule has 0 saturated carbocycles. The first kappa shape index (κ1) is 18.9. The molecule has 0 saturated heterocycles. The molecule has 2 N–H and O–H groups in total. The third kappa shape index (κ3) is 6.15. The van der Waals surface area contributed by atoms with Crippen molar-refractivity contribution in [1.29, 1.82) is 0 Å². The second kappa shape index (κ2) is 9.74. The Bertz CT molecular complexity index is 737. The molecule has 0 bridgehead atoms. The van der Waals surface area contributed by atoms with Crippen LogP contribution in [0.4, 0.5) is 10.1 Å². The molecule has 0 unspecified atom stereocenters. The summed E-state index contributed by atoms with van der Waals surface area (Å²) in [6.45, 7) is 2.68. The molecule has 2 aromatic carbocycles. The summed E-state index contributed by atoms with van der Waals surface area (Å²) in [4.78, 5) is 12.4. The first-order valence-electron chi connectivity index (χ1n) is 8.20. The summed E-state index contributed by atoms with van der Waals surface area (Å²) in [5, 5.41) is 5.46. The molecule has 0 radical (unpaired) electrons. The first-order valence-corrected chi connectivity index (χ1v) is 8.60. The Labute approximate surface area is 152 Å². The lowest BCUT2D eigenvalue weighted by Crippen LogP contribution is -2.34. The lowest BCUT2D eigenvalue weighted by molar-refractivity contribution is 0.0973. The summed E-state index contributed by atoms with van der Waals surface area (Å²) in [5.41, 5.74) is 0.872. The van der Waals surface area contributed by atoms with Gasteiger partial charge in [-0.15, -0.1) is 0 Å². The summed E-state index contributed by atoms with van der Waals surface area (Å²) in [6, 6.07) is 12.8. The zero-order chi connectivity index (χ0) is 18.1. The molecule has 2 aromatic rings. The largest absolute Gasteiger partial charge is 0.493 e. The van der Waals surface area contributed by atoms with Crippen LogP contribution in [0.2, 0.25) is 0 Å². The maximum Gasteiger partial charge on any atom is 0.261 e. The molecule has 4 nitrogen and oxygen atoms in total. The van der Waals surface area contributed by atoms with Crippen molar-refractivity contribution in [2.75, 3.05) is 11.9 Å². The summed E-state index contributed by atoms with van der Waals surface area (Å²) >= 11 is 5.11. The minimum atomic E-state index is -0.384. The number of anilines is 1. The average molecular weight is 360 g/mol. The van der Waals surface area contributed by atoms with Crippen molar-refractivity contribution in [1.82, 2.24) is 5.32 Å². The number of hydrogen-bond donors (Lipinski definition) is 2. The van der Waals surface area contributed by atoms with Crippen molar-refractivity contribution in [3.8, 4) is 5.75 Å². The smallest absolute Gasteiger partial charge is 0.261 e. The number of unbranched alkanes of at least 4 members (excludes halogenated alkanes) is 2. The maximum absolute atomic E-state index is 13.2. The van der Waals surface area contributed by atoms with E-state index in [9.17, 15) is 9.18 Å². The van der Waals surface area contributed by atoms with Gasteiger partial charge in [-0.3, -0.25) is 10.1 Å². The van der Waals surface area contributed by atoms with E-state index in [0.717, 1.165) is 19.3 Å². The van der Waals surface area contributed by atoms with Crippen LogP contribution in [0.5, 0.6) is 5.75 Å². The number of nitrogens with one attached hydrogen (secondary N) is 2. The van der Waals surface area contributed by atoms with Crippen LogP contribution in [0, 0.1) is 5.82 Å². The number of benzene rings is 2. The molecular weight excluding hydrogens is 339 g/mol. The van der Waals surface area contributed by atoms with E-state index in [0.29, 0.717) is 23.6 Å². The molecular formula is C19H21FN2O2S. The van der Waals surface area contributed by atoms with Gasteiger partial charge in [0.05, 0.1) is 12.2 Å². The van der Waals surface area contributed by atoms with E-state index in [1.165, 1.54) is 12.1 Å². The molecule has 0 spiro atoms. The third-order valence-corrected chi connectivity index (χ3v) is 3.65. The molecule has 0 aliphatic carbocycles. The van der Waals surface area contributed by atoms with Gasteiger partial charge >= 0.3 is 0 Å². The van der Waals surface area contributed by atoms with E-state index in [2.05, 4.69) is 17.6 Å². The Balaban J connectivity index is 1.96. The number of carbonyl (C=O) groups excluding carboxylic acids is 1. The highest BCUT2D eigenvalue weighted by Crippen LogP contribution is 2.18. The highest BCUT2D eigenvalue weighted by atomic mass is 32.1. The topological polar surface area (TPSA) is 50.4 Å². The number of halogens is 1.